The van der Waals surface area contributed by atoms with Crippen LogP contribution in [0.15, 0.2) is 30.5 Å². The Hall–Kier alpha value is -1.85. The van der Waals surface area contributed by atoms with Gasteiger partial charge < -0.3 is 11.1 Å². The summed E-state index contributed by atoms with van der Waals surface area (Å²) >= 11 is 5.96. The van der Waals surface area contributed by atoms with Gasteiger partial charge >= 0.3 is 0 Å². The molecule has 1 aromatic carbocycles. The van der Waals surface area contributed by atoms with Crippen LogP contribution in [0.4, 0.5) is 0 Å². The molecule has 4 N–H and O–H groups in total. The molecule has 1 unspecified atom stereocenters. The minimum Gasteiger partial charge on any atom is -0.352 e. The van der Waals surface area contributed by atoms with Gasteiger partial charge in [0, 0.05) is 23.2 Å². The minimum atomic E-state index is -0.172. The summed E-state index contributed by atoms with van der Waals surface area (Å²) in [6, 6.07) is 7.33. The highest BCUT2D eigenvalue weighted by Crippen LogP contribution is 2.23. The second-order valence-electron chi connectivity index (χ2n) is 4.69. The third kappa shape index (κ3) is 3.59. The van der Waals surface area contributed by atoms with E-state index in [-0.39, 0.29) is 11.9 Å². The molecule has 0 aliphatic rings. The quantitative estimate of drug-likeness (QED) is 0.790. The van der Waals surface area contributed by atoms with Crippen LogP contribution in [0.3, 0.4) is 0 Å². The van der Waals surface area contributed by atoms with Gasteiger partial charge in [0.25, 0.3) is 5.91 Å². The van der Waals surface area contributed by atoms with Crippen molar-refractivity contribution in [3.8, 4) is 11.3 Å². The van der Waals surface area contributed by atoms with Crippen LogP contribution >= 0.6 is 11.6 Å². The first kappa shape index (κ1) is 14.6. The first-order chi connectivity index (χ1) is 9.58. The predicted molar refractivity (Wildman–Crippen MR) is 79.6 cm³/mol. The average Bonchev–Trinajstić information content (AvgIpc) is 2.87. The molecule has 6 heteroatoms. The maximum Gasteiger partial charge on any atom is 0.255 e. The zero-order valence-corrected chi connectivity index (χ0v) is 11.9. The Morgan fingerprint density at radius 3 is 3.05 bits per heavy atom. The first-order valence-corrected chi connectivity index (χ1v) is 6.79. The van der Waals surface area contributed by atoms with E-state index >= 15 is 0 Å². The Morgan fingerprint density at radius 2 is 2.35 bits per heavy atom. The number of aromatic nitrogens is 2. The molecule has 1 aromatic heterocycles. The van der Waals surface area contributed by atoms with Crippen LogP contribution in [-0.2, 0) is 0 Å². The Morgan fingerprint density at radius 1 is 1.55 bits per heavy atom. The molecule has 0 saturated carbocycles. The Bertz CT molecular complexity index is 594. The summed E-state index contributed by atoms with van der Waals surface area (Å²) < 4.78 is 0. The highest BCUT2D eigenvalue weighted by molar-refractivity contribution is 6.30. The van der Waals surface area contributed by atoms with Gasteiger partial charge in [-0.3, -0.25) is 9.89 Å². The molecule has 0 aliphatic carbocycles. The van der Waals surface area contributed by atoms with E-state index in [1.165, 1.54) is 6.20 Å². The highest BCUT2D eigenvalue weighted by Gasteiger charge is 2.15. The van der Waals surface area contributed by atoms with Crippen molar-refractivity contribution in [2.45, 2.75) is 19.4 Å². The van der Waals surface area contributed by atoms with Crippen LogP contribution in [0, 0.1) is 0 Å². The average molecular weight is 293 g/mol. The number of carbonyl (C=O) groups is 1. The van der Waals surface area contributed by atoms with Gasteiger partial charge in [-0.25, -0.2) is 0 Å². The molecule has 0 bridgehead atoms. The van der Waals surface area contributed by atoms with Gasteiger partial charge in [-0.2, -0.15) is 5.10 Å². The minimum absolute atomic E-state index is 0.0621. The monoisotopic (exact) mass is 292 g/mol. The van der Waals surface area contributed by atoms with E-state index in [1.807, 2.05) is 19.1 Å². The number of H-pyrrole nitrogens is 1. The molecule has 0 spiro atoms. The lowest BCUT2D eigenvalue weighted by Gasteiger charge is -2.07. The van der Waals surface area contributed by atoms with E-state index in [1.54, 1.807) is 12.1 Å². The summed E-state index contributed by atoms with van der Waals surface area (Å²) in [6.45, 7) is 2.44. The molecule has 0 radical (unpaired) electrons. The van der Waals surface area contributed by atoms with Crippen molar-refractivity contribution in [1.82, 2.24) is 15.5 Å². The number of nitrogens with one attached hydrogen (secondary N) is 2. The van der Waals surface area contributed by atoms with Crippen LogP contribution in [0.1, 0.15) is 23.7 Å². The lowest BCUT2D eigenvalue weighted by Crippen LogP contribution is -2.29. The summed E-state index contributed by atoms with van der Waals surface area (Å²) in [5.41, 5.74) is 7.63. The number of carbonyl (C=O) groups excluding carboxylic acids is 1. The van der Waals surface area contributed by atoms with Crippen LogP contribution in [0.2, 0.25) is 5.02 Å². The number of nitrogens with zero attached hydrogens (tertiary/aromatic N) is 1. The van der Waals surface area contributed by atoms with Gasteiger partial charge in [-0.15, -0.1) is 0 Å². The molecule has 0 fully saturated rings. The second-order valence-corrected chi connectivity index (χ2v) is 5.13. The predicted octanol–water partition coefficient (Wildman–Crippen LogP) is 2.20. The van der Waals surface area contributed by atoms with Gasteiger partial charge in [-0.05, 0) is 25.5 Å². The number of rotatable bonds is 5. The standard InChI is InChI=1S/C14H17ClN4O/c1-9(16)5-6-17-14(20)12-8-18-19-13(12)10-3-2-4-11(15)7-10/h2-4,7-9H,5-6,16H2,1H3,(H,17,20)(H,18,19). The number of hydrogen-bond donors (Lipinski definition) is 3. The van der Waals surface area contributed by atoms with Gasteiger partial charge in [-0.1, -0.05) is 23.7 Å². The number of amides is 1. The molecule has 2 rings (SSSR count). The fourth-order valence-corrected chi connectivity index (χ4v) is 2.02. The normalized spacial score (nSPS) is 12.2. The fraction of sp³-hybridized carbons (Fsp3) is 0.286. The van der Waals surface area contributed by atoms with Crippen molar-refractivity contribution in [2.75, 3.05) is 6.54 Å². The Balaban J connectivity index is 2.14. The summed E-state index contributed by atoms with van der Waals surface area (Å²) in [5.74, 6) is -0.172. The topological polar surface area (TPSA) is 83.8 Å². The Labute approximate surface area is 122 Å². The van der Waals surface area contributed by atoms with Crippen molar-refractivity contribution < 1.29 is 4.79 Å². The van der Waals surface area contributed by atoms with Crippen LogP contribution in [0.25, 0.3) is 11.3 Å². The zero-order valence-electron chi connectivity index (χ0n) is 11.2. The summed E-state index contributed by atoms with van der Waals surface area (Å²) in [7, 11) is 0. The number of aromatic amines is 1. The maximum absolute atomic E-state index is 12.1. The fourth-order valence-electron chi connectivity index (χ4n) is 1.83. The number of halogens is 1. The second kappa shape index (κ2) is 6.54. The molecule has 2 aromatic rings. The van der Waals surface area contributed by atoms with E-state index in [9.17, 15) is 4.79 Å². The van der Waals surface area contributed by atoms with Crippen LogP contribution in [-0.4, -0.2) is 28.7 Å². The lowest BCUT2D eigenvalue weighted by molar-refractivity contribution is 0.0953. The summed E-state index contributed by atoms with van der Waals surface area (Å²) in [4.78, 5) is 12.1. The van der Waals surface area contributed by atoms with E-state index in [0.29, 0.717) is 22.8 Å². The lowest BCUT2D eigenvalue weighted by atomic mass is 10.1. The van der Waals surface area contributed by atoms with Gasteiger partial charge in [0.15, 0.2) is 0 Å². The molecule has 106 valence electrons. The molecular formula is C14H17ClN4O. The molecule has 5 nitrogen and oxygen atoms in total. The summed E-state index contributed by atoms with van der Waals surface area (Å²) in [5, 5.41) is 10.2. The number of nitrogens with two attached hydrogens (primary N) is 1. The van der Waals surface area contributed by atoms with Crippen LogP contribution in [0.5, 0.6) is 0 Å². The molecule has 1 heterocycles. The smallest absolute Gasteiger partial charge is 0.255 e. The van der Waals surface area contributed by atoms with E-state index in [0.717, 1.165) is 12.0 Å². The largest absolute Gasteiger partial charge is 0.352 e. The van der Waals surface area contributed by atoms with E-state index < -0.39 is 0 Å². The third-order valence-electron chi connectivity index (χ3n) is 2.88. The molecule has 1 amide bonds. The molecule has 1 atom stereocenters. The highest BCUT2D eigenvalue weighted by atomic mass is 35.5. The first-order valence-electron chi connectivity index (χ1n) is 6.41. The third-order valence-corrected chi connectivity index (χ3v) is 3.12. The summed E-state index contributed by atoms with van der Waals surface area (Å²) in [6.07, 6.45) is 2.24. The number of hydrogen-bond acceptors (Lipinski definition) is 3. The maximum atomic E-state index is 12.1. The van der Waals surface area contributed by atoms with E-state index in [4.69, 9.17) is 17.3 Å². The van der Waals surface area contributed by atoms with Crippen molar-refractivity contribution in [3.63, 3.8) is 0 Å². The molecule has 0 aliphatic heterocycles. The van der Waals surface area contributed by atoms with Crippen molar-refractivity contribution >= 4 is 17.5 Å². The van der Waals surface area contributed by atoms with Crippen molar-refractivity contribution in [2.24, 2.45) is 5.73 Å². The van der Waals surface area contributed by atoms with Gasteiger partial charge in [0.1, 0.15) is 0 Å². The molecule has 0 saturated heterocycles. The SMILES string of the molecule is CC(N)CCNC(=O)c1cn[nH]c1-c1cccc(Cl)c1. The number of benzene rings is 1. The van der Waals surface area contributed by atoms with Crippen molar-refractivity contribution in [1.29, 1.82) is 0 Å². The zero-order chi connectivity index (χ0) is 14.5. The van der Waals surface area contributed by atoms with Gasteiger partial charge in [0.2, 0.25) is 0 Å². The van der Waals surface area contributed by atoms with Crippen molar-refractivity contribution in [3.05, 3.63) is 41.0 Å². The van der Waals surface area contributed by atoms with E-state index in [2.05, 4.69) is 15.5 Å². The Kier molecular flexibility index (Phi) is 4.76. The van der Waals surface area contributed by atoms with Crippen LogP contribution < -0.4 is 11.1 Å². The van der Waals surface area contributed by atoms with Gasteiger partial charge in [0.05, 0.1) is 17.5 Å². The molecule has 20 heavy (non-hydrogen) atoms. The molecular weight excluding hydrogens is 276 g/mol.